The van der Waals surface area contributed by atoms with Gasteiger partial charge in [-0.1, -0.05) is 13.8 Å². The lowest BCUT2D eigenvalue weighted by Crippen LogP contribution is -2.35. The minimum atomic E-state index is 0.126. The Labute approximate surface area is 86.0 Å². The number of carbonyl (C=O) groups is 1. The molecular formula is C10H21N3O. The molecule has 1 rings (SSSR count). The number of hydrogen-bond acceptors (Lipinski definition) is 2. The monoisotopic (exact) mass is 199 g/mol. The maximum Gasteiger partial charge on any atom is 0.320 e. The lowest BCUT2D eigenvalue weighted by Gasteiger charge is -2.16. The third kappa shape index (κ3) is 2.38. The predicted molar refractivity (Wildman–Crippen MR) is 57.0 cm³/mol. The summed E-state index contributed by atoms with van der Waals surface area (Å²) in [6.45, 7) is 6.55. The van der Waals surface area contributed by atoms with Crippen LogP contribution in [0.3, 0.4) is 0 Å². The summed E-state index contributed by atoms with van der Waals surface area (Å²) in [6.07, 6.45) is 1.07. The molecule has 82 valence electrons. The number of nitrogens with two attached hydrogens (primary N) is 1. The molecule has 0 radical (unpaired) electrons. The second-order valence-corrected chi connectivity index (χ2v) is 4.41. The molecule has 1 aliphatic rings. The van der Waals surface area contributed by atoms with Gasteiger partial charge in [0.25, 0.3) is 0 Å². The van der Waals surface area contributed by atoms with Crippen LogP contribution in [-0.4, -0.2) is 48.6 Å². The Hall–Kier alpha value is -0.770. The molecule has 1 fully saturated rings. The lowest BCUT2D eigenvalue weighted by molar-refractivity contribution is 0.194. The smallest absolute Gasteiger partial charge is 0.320 e. The van der Waals surface area contributed by atoms with Crippen LogP contribution in [-0.2, 0) is 0 Å². The Bertz CT molecular complexity index is 206. The van der Waals surface area contributed by atoms with E-state index in [1.807, 2.05) is 11.9 Å². The van der Waals surface area contributed by atoms with Crippen LogP contribution in [0.15, 0.2) is 0 Å². The van der Waals surface area contributed by atoms with Crippen molar-refractivity contribution >= 4 is 6.03 Å². The van der Waals surface area contributed by atoms with Gasteiger partial charge in [-0.2, -0.15) is 0 Å². The summed E-state index contributed by atoms with van der Waals surface area (Å²) in [6, 6.07) is 0.329. The van der Waals surface area contributed by atoms with Crippen molar-refractivity contribution in [1.29, 1.82) is 0 Å². The number of amides is 2. The highest BCUT2D eigenvalue weighted by Gasteiger charge is 2.32. The minimum absolute atomic E-state index is 0.126. The Morgan fingerprint density at radius 1 is 1.57 bits per heavy atom. The van der Waals surface area contributed by atoms with E-state index >= 15 is 0 Å². The predicted octanol–water partition coefficient (Wildman–Crippen LogP) is 0.727. The molecule has 1 saturated heterocycles. The summed E-state index contributed by atoms with van der Waals surface area (Å²) >= 11 is 0. The van der Waals surface area contributed by atoms with Crippen LogP contribution in [0, 0.1) is 5.92 Å². The molecule has 0 aromatic carbocycles. The second kappa shape index (κ2) is 4.64. The highest BCUT2D eigenvalue weighted by atomic mass is 16.2. The zero-order chi connectivity index (χ0) is 10.7. The van der Waals surface area contributed by atoms with Crippen molar-refractivity contribution in [2.45, 2.75) is 26.3 Å². The molecule has 4 nitrogen and oxygen atoms in total. The van der Waals surface area contributed by atoms with E-state index in [2.05, 4.69) is 13.8 Å². The van der Waals surface area contributed by atoms with Crippen molar-refractivity contribution in [2.24, 2.45) is 11.7 Å². The molecule has 0 saturated carbocycles. The summed E-state index contributed by atoms with van der Waals surface area (Å²) < 4.78 is 0. The number of likely N-dealkylation sites (N-methyl/N-ethyl adjacent to an activating group) is 1. The first-order valence-corrected chi connectivity index (χ1v) is 5.28. The molecule has 0 bridgehead atoms. The van der Waals surface area contributed by atoms with E-state index in [9.17, 15) is 4.79 Å². The largest absolute Gasteiger partial charge is 0.328 e. The molecular weight excluding hydrogens is 178 g/mol. The first kappa shape index (κ1) is 11.3. The van der Waals surface area contributed by atoms with E-state index < -0.39 is 0 Å². The Kier molecular flexibility index (Phi) is 3.75. The van der Waals surface area contributed by atoms with Crippen LogP contribution in [0.5, 0.6) is 0 Å². The van der Waals surface area contributed by atoms with E-state index in [1.165, 1.54) is 0 Å². The molecule has 0 aliphatic carbocycles. The zero-order valence-corrected chi connectivity index (χ0v) is 9.36. The van der Waals surface area contributed by atoms with E-state index in [4.69, 9.17) is 5.73 Å². The van der Waals surface area contributed by atoms with Gasteiger partial charge in [-0.05, 0) is 12.3 Å². The Balaban J connectivity index is 2.44. The van der Waals surface area contributed by atoms with Gasteiger partial charge in [0.2, 0.25) is 0 Å². The number of rotatable bonds is 4. The summed E-state index contributed by atoms with van der Waals surface area (Å²) in [7, 11) is 1.83. The van der Waals surface area contributed by atoms with E-state index in [-0.39, 0.29) is 12.1 Å². The fraction of sp³-hybridized carbons (Fsp3) is 0.900. The molecule has 1 heterocycles. The number of hydrogen-bond donors (Lipinski definition) is 1. The fourth-order valence-electron chi connectivity index (χ4n) is 1.67. The quantitative estimate of drug-likeness (QED) is 0.725. The van der Waals surface area contributed by atoms with Crippen LogP contribution < -0.4 is 5.73 Å². The van der Waals surface area contributed by atoms with Gasteiger partial charge in [0.05, 0.1) is 6.04 Å². The van der Waals surface area contributed by atoms with E-state index in [1.54, 1.807) is 4.90 Å². The highest BCUT2D eigenvalue weighted by Crippen LogP contribution is 2.14. The minimum Gasteiger partial charge on any atom is -0.328 e. The molecule has 14 heavy (non-hydrogen) atoms. The van der Waals surface area contributed by atoms with Crippen molar-refractivity contribution in [2.75, 3.05) is 26.7 Å². The van der Waals surface area contributed by atoms with Crippen LogP contribution in [0.25, 0.3) is 0 Å². The van der Waals surface area contributed by atoms with Gasteiger partial charge in [0.15, 0.2) is 0 Å². The van der Waals surface area contributed by atoms with Gasteiger partial charge < -0.3 is 15.5 Å². The van der Waals surface area contributed by atoms with Gasteiger partial charge >= 0.3 is 6.03 Å². The van der Waals surface area contributed by atoms with Gasteiger partial charge in [-0.3, -0.25) is 0 Å². The molecule has 1 aliphatic heterocycles. The summed E-state index contributed by atoms with van der Waals surface area (Å²) in [5.41, 5.74) is 5.58. The van der Waals surface area contributed by atoms with Crippen molar-refractivity contribution in [3.63, 3.8) is 0 Å². The normalized spacial score (nSPS) is 22.6. The van der Waals surface area contributed by atoms with E-state index in [0.717, 1.165) is 19.5 Å². The lowest BCUT2D eigenvalue weighted by atomic mass is 10.1. The topological polar surface area (TPSA) is 49.6 Å². The molecule has 0 aromatic heterocycles. The van der Waals surface area contributed by atoms with Crippen molar-refractivity contribution in [3.05, 3.63) is 0 Å². The third-order valence-corrected chi connectivity index (χ3v) is 2.80. The van der Waals surface area contributed by atoms with Crippen LogP contribution in [0.4, 0.5) is 4.79 Å². The first-order chi connectivity index (χ1) is 6.56. The highest BCUT2D eigenvalue weighted by molar-refractivity contribution is 5.76. The summed E-state index contributed by atoms with van der Waals surface area (Å²) in [5, 5.41) is 0. The maximum absolute atomic E-state index is 11.7. The number of carbonyl (C=O) groups excluding carboxylic acids is 1. The van der Waals surface area contributed by atoms with Crippen molar-refractivity contribution in [1.82, 2.24) is 9.80 Å². The number of urea groups is 1. The Morgan fingerprint density at radius 2 is 2.21 bits per heavy atom. The molecule has 2 amide bonds. The van der Waals surface area contributed by atoms with E-state index in [0.29, 0.717) is 12.5 Å². The second-order valence-electron chi connectivity index (χ2n) is 4.41. The molecule has 4 heteroatoms. The Morgan fingerprint density at radius 3 is 2.64 bits per heavy atom. The van der Waals surface area contributed by atoms with Crippen molar-refractivity contribution in [3.8, 4) is 0 Å². The first-order valence-electron chi connectivity index (χ1n) is 5.28. The average Bonchev–Trinajstić information content (AvgIpc) is 2.41. The van der Waals surface area contributed by atoms with Crippen LogP contribution in [0.2, 0.25) is 0 Å². The standard InChI is InChI=1S/C10H21N3O/c1-8(2)4-5-13-7-9(6-11)12(3)10(13)14/h8-9H,4-7,11H2,1-3H3. The summed E-state index contributed by atoms with van der Waals surface area (Å²) in [4.78, 5) is 15.3. The van der Waals surface area contributed by atoms with Crippen LogP contribution in [0.1, 0.15) is 20.3 Å². The fourth-order valence-corrected chi connectivity index (χ4v) is 1.67. The maximum atomic E-state index is 11.7. The molecule has 1 unspecified atom stereocenters. The van der Waals surface area contributed by atoms with Crippen LogP contribution >= 0.6 is 0 Å². The molecule has 0 spiro atoms. The molecule has 0 aromatic rings. The van der Waals surface area contributed by atoms with Gasteiger partial charge in [-0.15, -0.1) is 0 Å². The third-order valence-electron chi connectivity index (χ3n) is 2.80. The molecule has 1 atom stereocenters. The average molecular weight is 199 g/mol. The summed E-state index contributed by atoms with van der Waals surface area (Å²) in [5.74, 6) is 0.644. The number of nitrogens with zero attached hydrogens (tertiary/aromatic N) is 2. The molecule has 2 N–H and O–H groups in total. The van der Waals surface area contributed by atoms with Gasteiger partial charge in [-0.25, -0.2) is 4.79 Å². The van der Waals surface area contributed by atoms with Crippen molar-refractivity contribution < 1.29 is 4.79 Å². The SMILES string of the molecule is CC(C)CCN1CC(CN)N(C)C1=O. The van der Waals surface area contributed by atoms with Gasteiger partial charge in [0, 0.05) is 26.7 Å². The zero-order valence-electron chi connectivity index (χ0n) is 9.36. The van der Waals surface area contributed by atoms with Gasteiger partial charge in [0.1, 0.15) is 0 Å².